The number of aryl methyl sites for hydroxylation is 1. The van der Waals surface area contributed by atoms with Gasteiger partial charge in [-0.1, -0.05) is 13.0 Å². The molecule has 1 unspecified atom stereocenters. The average Bonchev–Trinajstić information content (AvgIpc) is 2.78. The molecule has 1 heterocycles. The summed E-state index contributed by atoms with van der Waals surface area (Å²) in [5, 5.41) is 10.1. The van der Waals surface area contributed by atoms with Gasteiger partial charge < -0.3 is 9.52 Å². The van der Waals surface area contributed by atoms with E-state index in [0.29, 0.717) is 5.76 Å². The van der Waals surface area contributed by atoms with E-state index < -0.39 is 6.10 Å². The second-order valence-corrected chi connectivity index (χ2v) is 4.08. The van der Waals surface area contributed by atoms with Gasteiger partial charge in [-0.15, -0.1) is 0 Å². The number of rotatable bonds is 3. The number of allylic oxidation sites excluding steroid dienone is 1. The van der Waals surface area contributed by atoms with Crippen molar-refractivity contribution in [1.82, 2.24) is 0 Å². The standard InChI is InChI=1S/C13H18O2/c1-2-11-8-9-12(15-11)13(14)10-6-4-3-5-7-10/h6,8-9,13-14H,2-5,7H2,1H3. The van der Waals surface area contributed by atoms with E-state index in [1.807, 2.05) is 12.1 Å². The molecular weight excluding hydrogens is 188 g/mol. The minimum Gasteiger partial charge on any atom is -0.463 e. The van der Waals surface area contributed by atoms with Crippen LogP contribution < -0.4 is 0 Å². The number of aliphatic hydroxyl groups is 1. The van der Waals surface area contributed by atoms with Crippen LogP contribution in [-0.2, 0) is 6.42 Å². The van der Waals surface area contributed by atoms with Gasteiger partial charge in [-0.25, -0.2) is 0 Å². The minimum absolute atomic E-state index is 0.523. The third-order valence-electron chi connectivity index (χ3n) is 2.98. The van der Waals surface area contributed by atoms with Crippen molar-refractivity contribution in [2.45, 2.75) is 45.1 Å². The lowest BCUT2D eigenvalue weighted by Gasteiger charge is -2.16. The number of hydrogen-bond acceptors (Lipinski definition) is 2. The second kappa shape index (κ2) is 4.67. The predicted molar refractivity (Wildman–Crippen MR) is 59.6 cm³/mol. The van der Waals surface area contributed by atoms with Gasteiger partial charge in [0.15, 0.2) is 0 Å². The lowest BCUT2D eigenvalue weighted by Crippen LogP contribution is -2.03. The van der Waals surface area contributed by atoms with E-state index in [2.05, 4.69) is 13.0 Å². The van der Waals surface area contributed by atoms with Crippen molar-refractivity contribution in [2.24, 2.45) is 0 Å². The van der Waals surface area contributed by atoms with Gasteiger partial charge in [-0.05, 0) is 43.4 Å². The third kappa shape index (κ3) is 2.32. The molecule has 0 aliphatic heterocycles. The van der Waals surface area contributed by atoms with E-state index >= 15 is 0 Å². The molecule has 1 aromatic heterocycles. The summed E-state index contributed by atoms with van der Waals surface area (Å²) in [6, 6.07) is 3.83. The SMILES string of the molecule is CCc1ccc(C(O)C2=CCCCC2)o1. The highest BCUT2D eigenvalue weighted by Gasteiger charge is 2.18. The highest BCUT2D eigenvalue weighted by atomic mass is 16.4. The summed E-state index contributed by atoms with van der Waals surface area (Å²) in [4.78, 5) is 0. The topological polar surface area (TPSA) is 33.4 Å². The average molecular weight is 206 g/mol. The molecule has 2 heteroatoms. The zero-order chi connectivity index (χ0) is 10.7. The van der Waals surface area contributed by atoms with Crippen molar-refractivity contribution in [1.29, 1.82) is 0 Å². The summed E-state index contributed by atoms with van der Waals surface area (Å²) in [6.45, 7) is 2.05. The van der Waals surface area contributed by atoms with Crippen molar-refractivity contribution in [3.05, 3.63) is 35.3 Å². The molecule has 0 aromatic carbocycles. The van der Waals surface area contributed by atoms with Gasteiger partial charge >= 0.3 is 0 Å². The maximum atomic E-state index is 10.1. The zero-order valence-corrected chi connectivity index (χ0v) is 9.20. The summed E-state index contributed by atoms with van der Waals surface area (Å²) in [6.07, 6.45) is 7.04. The molecule has 1 aromatic rings. The largest absolute Gasteiger partial charge is 0.463 e. The van der Waals surface area contributed by atoms with Crippen LogP contribution in [0, 0.1) is 0 Å². The van der Waals surface area contributed by atoms with Crippen molar-refractivity contribution in [2.75, 3.05) is 0 Å². The molecular formula is C13H18O2. The van der Waals surface area contributed by atoms with E-state index in [9.17, 15) is 5.11 Å². The van der Waals surface area contributed by atoms with Gasteiger partial charge in [0.1, 0.15) is 17.6 Å². The maximum absolute atomic E-state index is 10.1. The van der Waals surface area contributed by atoms with Gasteiger partial charge in [0, 0.05) is 6.42 Å². The Balaban J connectivity index is 2.12. The second-order valence-electron chi connectivity index (χ2n) is 4.08. The highest BCUT2D eigenvalue weighted by Crippen LogP contribution is 2.30. The normalized spacial score (nSPS) is 18.7. The van der Waals surface area contributed by atoms with Crippen LogP contribution in [-0.4, -0.2) is 5.11 Å². The van der Waals surface area contributed by atoms with Crippen molar-refractivity contribution in [3.8, 4) is 0 Å². The van der Waals surface area contributed by atoms with Crippen LogP contribution in [0.25, 0.3) is 0 Å². The molecule has 0 spiro atoms. The smallest absolute Gasteiger partial charge is 0.136 e. The van der Waals surface area contributed by atoms with Crippen LogP contribution in [0.1, 0.15) is 50.2 Å². The van der Waals surface area contributed by atoms with E-state index in [0.717, 1.165) is 30.6 Å². The Morgan fingerprint density at radius 1 is 1.40 bits per heavy atom. The van der Waals surface area contributed by atoms with E-state index in [-0.39, 0.29) is 0 Å². The molecule has 0 saturated carbocycles. The molecule has 0 saturated heterocycles. The van der Waals surface area contributed by atoms with E-state index in [4.69, 9.17) is 4.42 Å². The predicted octanol–water partition coefficient (Wildman–Crippen LogP) is 3.38. The van der Waals surface area contributed by atoms with Gasteiger partial charge in [0.05, 0.1) is 0 Å². The fourth-order valence-electron chi connectivity index (χ4n) is 2.03. The first-order chi connectivity index (χ1) is 7.31. The third-order valence-corrected chi connectivity index (χ3v) is 2.98. The van der Waals surface area contributed by atoms with Gasteiger partial charge in [-0.3, -0.25) is 0 Å². The molecule has 0 amide bonds. The Kier molecular flexibility index (Phi) is 3.27. The van der Waals surface area contributed by atoms with Crippen LogP contribution in [0.4, 0.5) is 0 Å². The molecule has 1 aliphatic rings. The molecule has 0 bridgehead atoms. The molecule has 1 N–H and O–H groups in total. The lowest BCUT2D eigenvalue weighted by atomic mass is 9.94. The molecule has 0 radical (unpaired) electrons. The molecule has 1 atom stereocenters. The van der Waals surface area contributed by atoms with Crippen molar-refractivity contribution in [3.63, 3.8) is 0 Å². The minimum atomic E-state index is -0.523. The Morgan fingerprint density at radius 2 is 2.27 bits per heavy atom. The first kappa shape index (κ1) is 10.5. The Bertz CT molecular complexity index is 349. The monoisotopic (exact) mass is 206 g/mol. The van der Waals surface area contributed by atoms with Gasteiger partial charge in [0.25, 0.3) is 0 Å². The van der Waals surface area contributed by atoms with Gasteiger partial charge in [0.2, 0.25) is 0 Å². The van der Waals surface area contributed by atoms with Gasteiger partial charge in [-0.2, -0.15) is 0 Å². The summed E-state index contributed by atoms with van der Waals surface area (Å²) in [5.41, 5.74) is 1.12. The molecule has 2 rings (SSSR count). The van der Waals surface area contributed by atoms with Crippen molar-refractivity contribution >= 4 is 0 Å². The molecule has 1 aliphatic carbocycles. The van der Waals surface area contributed by atoms with Crippen LogP contribution in [0.5, 0.6) is 0 Å². The zero-order valence-electron chi connectivity index (χ0n) is 9.20. The van der Waals surface area contributed by atoms with Crippen LogP contribution in [0.3, 0.4) is 0 Å². The molecule has 82 valence electrons. The van der Waals surface area contributed by atoms with E-state index in [1.165, 1.54) is 12.8 Å². The van der Waals surface area contributed by atoms with Crippen LogP contribution in [0.15, 0.2) is 28.2 Å². The number of aliphatic hydroxyl groups excluding tert-OH is 1. The quantitative estimate of drug-likeness (QED) is 0.769. The maximum Gasteiger partial charge on any atom is 0.136 e. The number of furan rings is 1. The molecule has 0 fully saturated rings. The first-order valence-corrected chi connectivity index (χ1v) is 5.77. The Labute approximate surface area is 90.6 Å². The van der Waals surface area contributed by atoms with Crippen LogP contribution in [0.2, 0.25) is 0 Å². The first-order valence-electron chi connectivity index (χ1n) is 5.77. The Hall–Kier alpha value is -1.02. The molecule has 2 nitrogen and oxygen atoms in total. The fourth-order valence-corrected chi connectivity index (χ4v) is 2.03. The number of hydrogen-bond donors (Lipinski definition) is 1. The fraction of sp³-hybridized carbons (Fsp3) is 0.538. The van der Waals surface area contributed by atoms with E-state index in [1.54, 1.807) is 0 Å². The van der Waals surface area contributed by atoms with Crippen molar-refractivity contribution < 1.29 is 9.52 Å². The summed E-state index contributed by atoms with van der Waals surface area (Å²) >= 11 is 0. The lowest BCUT2D eigenvalue weighted by molar-refractivity contribution is 0.176. The van der Waals surface area contributed by atoms with Crippen LogP contribution >= 0.6 is 0 Å². The summed E-state index contributed by atoms with van der Waals surface area (Å²) in [5.74, 6) is 1.64. The highest BCUT2D eigenvalue weighted by molar-refractivity contribution is 5.21. The summed E-state index contributed by atoms with van der Waals surface area (Å²) < 4.78 is 5.56. The Morgan fingerprint density at radius 3 is 2.87 bits per heavy atom. The summed E-state index contributed by atoms with van der Waals surface area (Å²) in [7, 11) is 0. The molecule has 15 heavy (non-hydrogen) atoms.